The number of hydrogen-bond donors (Lipinski definition) is 0. The van der Waals surface area contributed by atoms with Crippen molar-refractivity contribution in [2.45, 2.75) is 13.5 Å². The van der Waals surface area contributed by atoms with Crippen molar-refractivity contribution < 1.29 is 19.0 Å². The van der Waals surface area contributed by atoms with Crippen LogP contribution in [-0.2, 0) is 16.1 Å². The Bertz CT molecular complexity index is 897. The van der Waals surface area contributed by atoms with E-state index in [1.165, 1.54) is 6.08 Å². The molecule has 0 unspecified atom stereocenters. The van der Waals surface area contributed by atoms with Crippen molar-refractivity contribution in [1.82, 2.24) is 9.38 Å². The summed E-state index contributed by atoms with van der Waals surface area (Å²) < 4.78 is 17.9. The van der Waals surface area contributed by atoms with E-state index in [-0.39, 0.29) is 6.61 Å². The topological polar surface area (TPSA) is 62.1 Å². The van der Waals surface area contributed by atoms with Gasteiger partial charge in [-0.25, -0.2) is 9.78 Å². The molecule has 0 bridgehead atoms. The lowest BCUT2D eigenvalue weighted by molar-refractivity contribution is -0.139. The maximum absolute atomic E-state index is 11.9. The number of esters is 1. The number of benzene rings is 1. The van der Waals surface area contributed by atoms with E-state index in [0.717, 1.165) is 11.2 Å². The Hall–Kier alpha value is -3.28. The lowest BCUT2D eigenvalue weighted by Crippen LogP contribution is -2.01. The van der Waals surface area contributed by atoms with Gasteiger partial charge in [0.25, 0.3) is 0 Å². The number of carbonyl (C=O) groups excluding carboxylic acids is 1. The zero-order valence-electron chi connectivity index (χ0n) is 14.7. The summed E-state index contributed by atoms with van der Waals surface area (Å²) in [4.78, 5) is 16.3. The van der Waals surface area contributed by atoms with Gasteiger partial charge < -0.3 is 18.6 Å². The first-order valence-corrected chi connectivity index (χ1v) is 8.28. The van der Waals surface area contributed by atoms with E-state index in [1.807, 2.05) is 54.0 Å². The Kier molecular flexibility index (Phi) is 5.53. The summed E-state index contributed by atoms with van der Waals surface area (Å²) in [7, 11) is 1.58. The minimum atomic E-state index is -0.435. The summed E-state index contributed by atoms with van der Waals surface area (Å²) in [5, 5.41) is 0. The molecule has 1 aromatic carbocycles. The van der Waals surface area contributed by atoms with Crippen LogP contribution in [0.4, 0.5) is 0 Å². The van der Waals surface area contributed by atoms with E-state index in [4.69, 9.17) is 14.2 Å². The van der Waals surface area contributed by atoms with Crippen LogP contribution in [0.15, 0.2) is 54.9 Å². The number of pyridine rings is 1. The summed E-state index contributed by atoms with van der Waals surface area (Å²) in [6, 6.07) is 11.2. The van der Waals surface area contributed by atoms with Crippen LogP contribution in [0.3, 0.4) is 0 Å². The third-order valence-electron chi connectivity index (χ3n) is 3.68. The Morgan fingerprint density at radius 1 is 1.23 bits per heavy atom. The molecule has 2 aromatic heterocycles. The van der Waals surface area contributed by atoms with E-state index < -0.39 is 5.97 Å². The van der Waals surface area contributed by atoms with Crippen LogP contribution in [0.1, 0.15) is 18.2 Å². The van der Waals surface area contributed by atoms with Gasteiger partial charge in [-0.1, -0.05) is 12.1 Å². The lowest BCUT2D eigenvalue weighted by atomic mass is 10.2. The predicted molar refractivity (Wildman–Crippen MR) is 98.2 cm³/mol. The Labute approximate surface area is 151 Å². The number of rotatable bonds is 7. The first-order chi connectivity index (χ1) is 12.7. The van der Waals surface area contributed by atoms with Crippen LogP contribution in [0.25, 0.3) is 11.7 Å². The van der Waals surface area contributed by atoms with E-state index in [0.29, 0.717) is 23.8 Å². The van der Waals surface area contributed by atoms with Crippen molar-refractivity contribution in [2.24, 2.45) is 0 Å². The summed E-state index contributed by atoms with van der Waals surface area (Å²) in [5.74, 6) is 0.851. The molecular formula is C20H20N2O4. The molecule has 2 heterocycles. The number of hydrogen-bond acceptors (Lipinski definition) is 5. The van der Waals surface area contributed by atoms with Crippen molar-refractivity contribution in [2.75, 3.05) is 13.7 Å². The minimum absolute atomic E-state index is 0.122. The molecule has 0 N–H and O–H groups in total. The molecule has 26 heavy (non-hydrogen) atoms. The zero-order valence-corrected chi connectivity index (χ0v) is 14.7. The fourth-order valence-electron chi connectivity index (χ4n) is 2.48. The molecule has 6 nitrogen and oxygen atoms in total. The largest absolute Gasteiger partial charge is 0.493 e. The molecule has 0 aliphatic heterocycles. The van der Waals surface area contributed by atoms with Crippen LogP contribution in [0.5, 0.6) is 11.5 Å². The van der Waals surface area contributed by atoms with Gasteiger partial charge in [0.15, 0.2) is 11.5 Å². The molecule has 0 amide bonds. The van der Waals surface area contributed by atoms with Crippen molar-refractivity contribution in [1.29, 1.82) is 0 Å². The number of imidazole rings is 1. The number of methoxy groups -OCH3 is 1. The molecule has 0 aliphatic carbocycles. The average Bonchev–Trinajstić information content (AvgIpc) is 3.08. The van der Waals surface area contributed by atoms with Crippen LogP contribution in [-0.4, -0.2) is 29.1 Å². The molecule has 0 spiro atoms. The molecule has 0 radical (unpaired) electrons. The highest BCUT2D eigenvalue weighted by Crippen LogP contribution is 2.28. The van der Waals surface area contributed by atoms with Crippen LogP contribution >= 0.6 is 0 Å². The summed E-state index contributed by atoms with van der Waals surface area (Å²) in [6.07, 6.45) is 6.78. The van der Waals surface area contributed by atoms with Gasteiger partial charge >= 0.3 is 5.97 Å². The summed E-state index contributed by atoms with van der Waals surface area (Å²) in [5.41, 5.74) is 2.33. The molecule has 3 aromatic rings. The van der Waals surface area contributed by atoms with Gasteiger partial charge in [-0.2, -0.15) is 0 Å². The number of ether oxygens (including phenoxy) is 3. The highest BCUT2D eigenvalue weighted by molar-refractivity contribution is 5.87. The molecule has 6 heteroatoms. The van der Waals surface area contributed by atoms with E-state index in [2.05, 4.69) is 4.98 Å². The average molecular weight is 352 g/mol. The molecular weight excluding hydrogens is 332 g/mol. The van der Waals surface area contributed by atoms with E-state index >= 15 is 0 Å². The van der Waals surface area contributed by atoms with Crippen LogP contribution < -0.4 is 9.47 Å². The quantitative estimate of drug-likeness (QED) is 0.481. The first kappa shape index (κ1) is 17.5. The SMILES string of the molecule is CCOc1ccc(/C=C/C(=O)OCc2cn3ccccc3n2)cc1OC. The van der Waals surface area contributed by atoms with Crippen LogP contribution in [0.2, 0.25) is 0 Å². The number of carbonyl (C=O) groups is 1. The van der Waals surface area contributed by atoms with E-state index in [1.54, 1.807) is 19.3 Å². The smallest absolute Gasteiger partial charge is 0.331 e. The van der Waals surface area contributed by atoms with Crippen molar-refractivity contribution in [3.05, 3.63) is 66.1 Å². The van der Waals surface area contributed by atoms with Gasteiger partial charge in [0, 0.05) is 18.5 Å². The van der Waals surface area contributed by atoms with Gasteiger partial charge in [0.2, 0.25) is 0 Å². The Balaban J connectivity index is 1.60. The molecule has 0 aliphatic rings. The third-order valence-corrected chi connectivity index (χ3v) is 3.68. The third kappa shape index (κ3) is 4.22. The van der Waals surface area contributed by atoms with E-state index in [9.17, 15) is 4.79 Å². The van der Waals surface area contributed by atoms with Crippen molar-refractivity contribution >= 4 is 17.7 Å². The number of nitrogens with zero attached hydrogens (tertiary/aromatic N) is 2. The monoisotopic (exact) mass is 352 g/mol. The highest BCUT2D eigenvalue weighted by Gasteiger charge is 2.06. The normalized spacial score (nSPS) is 11.0. The maximum atomic E-state index is 11.9. The second-order valence-corrected chi connectivity index (χ2v) is 5.48. The van der Waals surface area contributed by atoms with Gasteiger partial charge in [-0.05, 0) is 42.8 Å². The second-order valence-electron chi connectivity index (χ2n) is 5.48. The predicted octanol–water partition coefficient (Wildman–Crippen LogP) is 3.50. The highest BCUT2D eigenvalue weighted by atomic mass is 16.5. The van der Waals surface area contributed by atoms with Crippen molar-refractivity contribution in [3.63, 3.8) is 0 Å². The van der Waals surface area contributed by atoms with Crippen LogP contribution in [0, 0.1) is 0 Å². The molecule has 0 atom stereocenters. The molecule has 134 valence electrons. The summed E-state index contributed by atoms with van der Waals surface area (Å²) in [6.45, 7) is 2.59. The minimum Gasteiger partial charge on any atom is -0.493 e. The molecule has 0 saturated carbocycles. The molecule has 3 rings (SSSR count). The van der Waals surface area contributed by atoms with Gasteiger partial charge in [-0.15, -0.1) is 0 Å². The fraction of sp³-hybridized carbons (Fsp3) is 0.200. The lowest BCUT2D eigenvalue weighted by Gasteiger charge is -2.09. The Morgan fingerprint density at radius 2 is 2.12 bits per heavy atom. The second kappa shape index (κ2) is 8.20. The van der Waals surface area contributed by atoms with Crippen molar-refractivity contribution in [3.8, 4) is 11.5 Å². The maximum Gasteiger partial charge on any atom is 0.331 e. The summed E-state index contributed by atoms with van der Waals surface area (Å²) >= 11 is 0. The fourth-order valence-corrected chi connectivity index (χ4v) is 2.48. The zero-order chi connectivity index (χ0) is 18.4. The Morgan fingerprint density at radius 3 is 2.88 bits per heavy atom. The van der Waals surface area contributed by atoms with Gasteiger partial charge in [0.1, 0.15) is 12.3 Å². The van der Waals surface area contributed by atoms with Gasteiger partial charge in [-0.3, -0.25) is 0 Å². The number of aromatic nitrogens is 2. The molecule has 0 fully saturated rings. The van der Waals surface area contributed by atoms with Gasteiger partial charge in [0.05, 0.1) is 19.4 Å². The standard InChI is InChI=1S/C20H20N2O4/c1-3-25-17-9-7-15(12-18(17)24-2)8-10-20(23)26-14-16-13-22-11-5-4-6-19(22)21-16/h4-13H,3,14H2,1-2H3/b10-8+. The molecule has 0 saturated heterocycles. The number of fused-ring (bicyclic) bond motifs is 1. The first-order valence-electron chi connectivity index (χ1n) is 8.28.